The van der Waals surface area contributed by atoms with E-state index in [4.69, 9.17) is 9.72 Å². The van der Waals surface area contributed by atoms with Crippen molar-refractivity contribution < 1.29 is 31.1 Å². The lowest BCUT2D eigenvalue weighted by atomic mass is 9.95. The molecule has 1 atom stereocenters. The number of halogens is 3. The van der Waals surface area contributed by atoms with Crippen LogP contribution >= 0.6 is 0 Å². The molecule has 0 spiro atoms. The second-order valence-electron chi connectivity index (χ2n) is 9.74. The van der Waals surface area contributed by atoms with Gasteiger partial charge in [0.05, 0.1) is 20.8 Å². The van der Waals surface area contributed by atoms with E-state index in [-0.39, 0.29) is 15.2 Å². The maximum atomic E-state index is 13.3. The number of ether oxygens (including phenoxy) is 2. The summed E-state index contributed by atoms with van der Waals surface area (Å²) in [4.78, 5) is 8.26. The van der Waals surface area contributed by atoms with Crippen LogP contribution in [0.4, 0.5) is 13.2 Å². The van der Waals surface area contributed by atoms with Gasteiger partial charge in [-0.2, -0.15) is 13.2 Å². The van der Waals surface area contributed by atoms with Gasteiger partial charge in [0.15, 0.2) is 6.61 Å². The molecule has 3 rings (SSSR count). The summed E-state index contributed by atoms with van der Waals surface area (Å²) in [5, 5.41) is 0. The van der Waals surface area contributed by atoms with Gasteiger partial charge in [-0.15, -0.1) is 0 Å². The minimum atomic E-state index is -4.56. The van der Waals surface area contributed by atoms with Crippen LogP contribution in [-0.4, -0.2) is 49.5 Å². The third kappa shape index (κ3) is 6.56. The molecule has 1 unspecified atom stereocenters. The van der Waals surface area contributed by atoms with Gasteiger partial charge in [0.25, 0.3) is 0 Å². The smallest absolute Gasteiger partial charge is 0.422 e. The molecule has 2 heterocycles. The maximum Gasteiger partial charge on any atom is 0.422 e. The molecule has 11 heteroatoms. The van der Waals surface area contributed by atoms with Gasteiger partial charge in [0.1, 0.15) is 5.82 Å². The summed E-state index contributed by atoms with van der Waals surface area (Å²) < 4.78 is 76.1. The Morgan fingerprint density at radius 1 is 1.08 bits per heavy atom. The minimum Gasteiger partial charge on any atom is -0.468 e. The topological polar surface area (TPSA) is 83.3 Å². The molecular formula is C25H32F3N3O4S. The van der Waals surface area contributed by atoms with Crippen molar-refractivity contribution in [3.63, 3.8) is 0 Å². The lowest BCUT2D eigenvalue weighted by Gasteiger charge is -2.23. The van der Waals surface area contributed by atoms with Crippen LogP contribution in [0.3, 0.4) is 0 Å². The van der Waals surface area contributed by atoms with Crippen LogP contribution in [0.5, 0.6) is 5.88 Å². The van der Waals surface area contributed by atoms with Gasteiger partial charge in [-0.25, -0.2) is 18.4 Å². The van der Waals surface area contributed by atoms with Crippen molar-refractivity contribution in [2.45, 2.75) is 68.5 Å². The fourth-order valence-electron chi connectivity index (χ4n) is 3.93. The molecule has 0 bridgehead atoms. The number of hydrogen-bond donors (Lipinski definition) is 0. The largest absolute Gasteiger partial charge is 0.468 e. The van der Waals surface area contributed by atoms with Crippen LogP contribution in [0.1, 0.15) is 46.4 Å². The first-order valence-corrected chi connectivity index (χ1v) is 13.1. The fraction of sp³-hybridized carbons (Fsp3) is 0.520. The highest BCUT2D eigenvalue weighted by molar-refractivity contribution is 7.91. The van der Waals surface area contributed by atoms with E-state index in [0.717, 1.165) is 43.0 Å². The third-order valence-corrected chi connectivity index (χ3v) is 7.60. The number of fused-ring (bicyclic) bond motifs is 1. The van der Waals surface area contributed by atoms with Gasteiger partial charge in [-0.05, 0) is 36.6 Å². The molecule has 0 aliphatic rings. The van der Waals surface area contributed by atoms with E-state index in [9.17, 15) is 21.6 Å². The number of nitrogens with zero attached hydrogens (tertiary/aromatic N) is 3. The molecule has 0 aliphatic carbocycles. The summed E-state index contributed by atoms with van der Waals surface area (Å²) in [5.74, 6) is 0.781. The van der Waals surface area contributed by atoms with Crippen molar-refractivity contribution in [1.82, 2.24) is 14.5 Å². The van der Waals surface area contributed by atoms with Crippen molar-refractivity contribution in [1.29, 1.82) is 0 Å². The van der Waals surface area contributed by atoms with E-state index in [1.165, 1.54) is 18.2 Å². The zero-order valence-electron chi connectivity index (χ0n) is 21.1. The van der Waals surface area contributed by atoms with Crippen molar-refractivity contribution in [2.75, 3.05) is 20.3 Å². The average Bonchev–Trinajstić information content (AvgIpc) is 3.18. The Kier molecular flexibility index (Phi) is 8.34. The normalized spacial score (nSPS) is 13.8. The van der Waals surface area contributed by atoms with E-state index in [1.807, 2.05) is 0 Å². The Bertz CT molecular complexity index is 1300. The highest BCUT2D eigenvalue weighted by Gasteiger charge is 2.29. The Hall–Kier alpha value is -2.66. The summed E-state index contributed by atoms with van der Waals surface area (Å²) in [6.45, 7) is 8.10. The molecule has 0 aliphatic heterocycles. The number of methoxy groups -OCH3 is 1. The molecule has 0 amide bonds. The predicted octanol–water partition coefficient (Wildman–Crippen LogP) is 5.57. The molecule has 0 saturated heterocycles. The van der Waals surface area contributed by atoms with Crippen LogP contribution in [0.15, 0.2) is 46.3 Å². The Morgan fingerprint density at radius 3 is 2.39 bits per heavy atom. The van der Waals surface area contributed by atoms with Gasteiger partial charge >= 0.3 is 6.18 Å². The first kappa shape index (κ1) is 27.9. The van der Waals surface area contributed by atoms with Crippen LogP contribution < -0.4 is 4.74 Å². The molecule has 7 nitrogen and oxygen atoms in total. The van der Waals surface area contributed by atoms with Crippen LogP contribution in [0.2, 0.25) is 0 Å². The fourth-order valence-corrected chi connectivity index (χ4v) is 5.21. The lowest BCUT2D eigenvalue weighted by Crippen LogP contribution is -2.22. The molecule has 1 aromatic carbocycles. The average molecular weight is 528 g/mol. The van der Waals surface area contributed by atoms with E-state index in [1.54, 1.807) is 13.2 Å². The van der Waals surface area contributed by atoms with Crippen molar-refractivity contribution in [2.24, 2.45) is 5.92 Å². The molecule has 36 heavy (non-hydrogen) atoms. The van der Waals surface area contributed by atoms with Crippen molar-refractivity contribution >= 4 is 20.9 Å². The number of aromatic nitrogens is 3. The number of rotatable bonds is 10. The zero-order valence-corrected chi connectivity index (χ0v) is 21.9. The molecular weight excluding hydrogens is 495 g/mol. The standard InChI is InChI=1S/C25H32F3N3O4S/c1-6-17(10-12-34-5)15-31-21-8-7-18(13-20(21)30-23(31)24(2,3)4)36(32,33)19-9-11-29-22(14-19)35-16-25(26,27)28/h7-9,11,13-14,17H,6,10,12,15-16H2,1-5H3. The second kappa shape index (κ2) is 10.8. The maximum absolute atomic E-state index is 13.3. The van der Waals surface area contributed by atoms with Gasteiger partial charge in [0.2, 0.25) is 15.7 Å². The Balaban J connectivity index is 2.01. The molecule has 2 aromatic heterocycles. The van der Waals surface area contributed by atoms with E-state index in [0.29, 0.717) is 18.0 Å². The van der Waals surface area contributed by atoms with Crippen molar-refractivity contribution in [3.8, 4) is 5.88 Å². The molecule has 3 aromatic rings. The number of alkyl halides is 3. The minimum absolute atomic E-state index is 0.0143. The van der Waals surface area contributed by atoms with E-state index >= 15 is 0 Å². The van der Waals surface area contributed by atoms with E-state index in [2.05, 4.69) is 42.0 Å². The quantitative estimate of drug-likeness (QED) is 0.343. The van der Waals surface area contributed by atoms with Gasteiger partial charge in [0, 0.05) is 37.9 Å². The van der Waals surface area contributed by atoms with Crippen molar-refractivity contribution in [3.05, 3.63) is 42.4 Å². The molecule has 0 fully saturated rings. The zero-order chi connectivity index (χ0) is 26.7. The molecule has 0 N–H and O–H groups in total. The number of benzene rings is 1. The lowest BCUT2D eigenvalue weighted by molar-refractivity contribution is -0.154. The first-order valence-electron chi connectivity index (χ1n) is 11.7. The number of sulfone groups is 1. The molecule has 0 radical (unpaired) electrons. The number of hydrogen-bond acceptors (Lipinski definition) is 6. The van der Waals surface area contributed by atoms with Crippen LogP contribution in [0.25, 0.3) is 11.0 Å². The summed E-state index contributed by atoms with van der Waals surface area (Å²) in [7, 11) is -2.38. The predicted molar refractivity (Wildman–Crippen MR) is 130 cm³/mol. The third-order valence-electron chi connectivity index (χ3n) is 5.85. The van der Waals surface area contributed by atoms with E-state index < -0.39 is 28.5 Å². The highest BCUT2D eigenvalue weighted by Crippen LogP contribution is 2.31. The number of imidazole rings is 1. The molecule has 198 valence electrons. The monoisotopic (exact) mass is 527 g/mol. The summed E-state index contributed by atoms with van der Waals surface area (Å²) >= 11 is 0. The summed E-state index contributed by atoms with van der Waals surface area (Å²) in [6, 6.07) is 6.95. The summed E-state index contributed by atoms with van der Waals surface area (Å²) in [5.41, 5.74) is 1.07. The number of pyridine rings is 1. The molecule has 0 saturated carbocycles. The van der Waals surface area contributed by atoms with Gasteiger partial charge in [-0.1, -0.05) is 34.1 Å². The van der Waals surface area contributed by atoms with Gasteiger partial charge < -0.3 is 14.0 Å². The van der Waals surface area contributed by atoms with Crippen LogP contribution in [0, 0.1) is 5.92 Å². The second-order valence-corrected chi connectivity index (χ2v) is 11.7. The first-order chi connectivity index (χ1) is 16.8. The highest BCUT2D eigenvalue weighted by atomic mass is 32.2. The summed E-state index contributed by atoms with van der Waals surface area (Å²) in [6.07, 6.45) is -1.61. The Labute approximate surface area is 209 Å². The van der Waals surface area contributed by atoms with Crippen LogP contribution in [-0.2, 0) is 26.5 Å². The van der Waals surface area contributed by atoms with Gasteiger partial charge in [-0.3, -0.25) is 0 Å². The SMILES string of the molecule is CCC(CCOC)Cn1c(C(C)(C)C)nc2cc(S(=O)(=O)c3ccnc(OCC(F)(F)F)c3)ccc21. The Morgan fingerprint density at radius 2 is 1.78 bits per heavy atom.